The molecule has 2 saturated heterocycles. The molecule has 0 aromatic rings. The third kappa shape index (κ3) is 3.37. The van der Waals surface area contributed by atoms with Crippen molar-refractivity contribution in [2.75, 3.05) is 39.8 Å². The van der Waals surface area contributed by atoms with Crippen LogP contribution in [0.1, 0.15) is 32.6 Å². The molecule has 2 rings (SSSR count). The number of carbonyl (C=O) groups is 2. The zero-order chi connectivity index (χ0) is 16.9. The summed E-state index contributed by atoms with van der Waals surface area (Å²) in [6.07, 6.45) is 5.69. The maximum absolute atomic E-state index is 13.4. The lowest BCUT2D eigenvalue weighted by molar-refractivity contribution is -0.147. The molecular formula is C17H29N3O3. The number of likely N-dealkylation sites (tertiary alicyclic amines) is 1. The predicted octanol–water partition coefficient (Wildman–Crippen LogP) is 1.62. The summed E-state index contributed by atoms with van der Waals surface area (Å²) in [5.74, 6) is -0.144. The van der Waals surface area contributed by atoms with Crippen molar-refractivity contribution in [1.82, 2.24) is 15.1 Å². The summed E-state index contributed by atoms with van der Waals surface area (Å²) in [7, 11) is 1.37. The zero-order valence-electron chi connectivity index (χ0n) is 14.3. The smallest absolute Gasteiger partial charge is 0.410 e. The molecule has 0 saturated carbocycles. The first kappa shape index (κ1) is 17.8. The van der Waals surface area contributed by atoms with E-state index in [1.807, 2.05) is 11.8 Å². The van der Waals surface area contributed by atoms with E-state index in [2.05, 4.69) is 11.9 Å². The van der Waals surface area contributed by atoms with Crippen LogP contribution in [0.2, 0.25) is 0 Å². The van der Waals surface area contributed by atoms with E-state index in [0.29, 0.717) is 19.6 Å². The highest BCUT2D eigenvalue weighted by molar-refractivity contribution is 5.91. The Bertz CT molecular complexity index is 446. The zero-order valence-corrected chi connectivity index (χ0v) is 14.3. The third-order valence-electron chi connectivity index (χ3n) is 5.15. The topological polar surface area (TPSA) is 61.9 Å². The first-order chi connectivity index (χ1) is 11.1. The third-order valence-corrected chi connectivity index (χ3v) is 5.15. The van der Waals surface area contributed by atoms with E-state index in [9.17, 15) is 9.59 Å². The molecule has 6 heteroatoms. The van der Waals surface area contributed by atoms with E-state index < -0.39 is 11.6 Å². The molecule has 23 heavy (non-hydrogen) atoms. The SMILES string of the molecule is C=CC(C)C1(C(=O)N2CCCCCC2)CNCCN1C(=O)OC. The predicted molar refractivity (Wildman–Crippen MR) is 89.1 cm³/mol. The average Bonchev–Trinajstić information content (AvgIpc) is 2.88. The van der Waals surface area contributed by atoms with Crippen molar-refractivity contribution in [3.05, 3.63) is 12.7 Å². The van der Waals surface area contributed by atoms with Gasteiger partial charge in [-0.25, -0.2) is 4.79 Å². The van der Waals surface area contributed by atoms with Gasteiger partial charge in [0.2, 0.25) is 0 Å². The van der Waals surface area contributed by atoms with Crippen LogP contribution in [0, 0.1) is 5.92 Å². The fourth-order valence-corrected chi connectivity index (χ4v) is 3.66. The summed E-state index contributed by atoms with van der Waals surface area (Å²) in [6, 6.07) is 0. The van der Waals surface area contributed by atoms with Crippen molar-refractivity contribution in [3.63, 3.8) is 0 Å². The fraction of sp³-hybridized carbons (Fsp3) is 0.765. The van der Waals surface area contributed by atoms with Gasteiger partial charge in [-0.3, -0.25) is 9.69 Å². The van der Waals surface area contributed by atoms with Crippen LogP contribution in [0.5, 0.6) is 0 Å². The van der Waals surface area contributed by atoms with E-state index in [0.717, 1.165) is 38.8 Å². The highest BCUT2D eigenvalue weighted by atomic mass is 16.5. The highest BCUT2D eigenvalue weighted by Crippen LogP contribution is 2.31. The normalized spacial score (nSPS) is 27.0. The Hall–Kier alpha value is -1.56. The number of amides is 2. The van der Waals surface area contributed by atoms with Crippen molar-refractivity contribution in [1.29, 1.82) is 0 Å². The minimum absolute atomic E-state index is 0.0180. The maximum atomic E-state index is 13.4. The Morgan fingerprint density at radius 3 is 2.43 bits per heavy atom. The summed E-state index contributed by atoms with van der Waals surface area (Å²) >= 11 is 0. The molecule has 0 radical (unpaired) electrons. The van der Waals surface area contributed by atoms with Gasteiger partial charge in [-0.15, -0.1) is 6.58 Å². The van der Waals surface area contributed by atoms with Gasteiger partial charge in [-0.05, 0) is 12.8 Å². The molecule has 2 fully saturated rings. The summed E-state index contributed by atoms with van der Waals surface area (Å²) < 4.78 is 4.96. The number of carbonyl (C=O) groups excluding carboxylic acids is 2. The van der Waals surface area contributed by atoms with E-state index in [-0.39, 0.29) is 11.8 Å². The standard InChI is InChI=1S/C17H29N3O3/c1-4-14(2)17(13-18-9-12-20(17)16(22)23-3)15(21)19-10-7-5-6-8-11-19/h4,14,18H,1,5-13H2,2-3H3. The van der Waals surface area contributed by atoms with Crippen LogP contribution in [0.25, 0.3) is 0 Å². The van der Waals surface area contributed by atoms with Gasteiger partial charge >= 0.3 is 6.09 Å². The molecule has 2 aliphatic heterocycles. The molecule has 2 amide bonds. The van der Waals surface area contributed by atoms with Crippen molar-refractivity contribution >= 4 is 12.0 Å². The molecule has 0 bridgehead atoms. The van der Waals surface area contributed by atoms with Crippen LogP contribution in [0.4, 0.5) is 4.79 Å². The van der Waals surface area contributed by atoms with Crippen LogP contribution in [-0.4, -0.2) is 67.2 Å². The van der Waals surface area contributed by atoms with Crippen molar-refractivity contribution < 1.29 is 14.3 Å². The van der Waals surface area contributed by atoms with E-state index in [1.54, 1.807) is 11.0 Å². The Morgan fingerprint density at radius 2 is 1.87 bits per heavy atom. The first-order valence-corrected chi connectivity index (χ1v) is 8.56. The van der Waals surface area contributed by atoms with Crippen LogP contribution in [-0.2, 0) is 9.53 Å². The number of methoxy groups -OCH3 is 1. The molecular weight excluding hydrogens is 294 g/mol. The molecule has 6 nitrogen and oxygen atoms in total. The number of hydrogen-bond acceptors (Lipinski definition) is 4. The molecule has 1 N–H and O–H groups in total. The molecule has 0 aliphatic carbocycles. The lowest BCUT2D eigenvalue weighted by atomic mass is 9.80. The first-order valence-electron chi connectivity index (χ1n) is 8.56. The quantitative estimate of drug-likeness (QED) is 0.802. The van der Waals surface area contributed by atoms with Crippen molar-refractivity contribution in [2.24, 2.45) is 5.92 Å². The Labute approximate surface area is 138 Å². The Kier molecular flexibility index (Phi) is 6.04. The molecule has 0 spiro atoms. The second-order valence-electron chi connectivity index (χ2n) is 6.45. The summed E-state index contributed by atoms with van der Waals surface area (Å²) in [6.45, 7) is 8.90. The van der Waals surface area contributed by atoms with Gasteiger partial charge in [0, 0.05) is 38.6 Å². The maximum Gasteiger partial charge on any atom is 0.410 e. The number of piperazine rings is 1. The second-order valence-corrected chi connectivity index (χ2v) is 6.45. The molecule has 2 atom stereocenters. The molecule has 2 heterocycles. The highest BCUT2D eigenvalue weighted by Gasteiger charge is 2.53. The number of ether oxygens (including phenoxy) is 1. The van der Waals surface area contributed by atoms with E-state index in [4.69, 9.17) is 4.74 Å². The lowest BCUT2D eigenvalue weighted by Gasteiger charge is -2.49. The van der Waals surface area contributed by atoms with E-state index >= 15 is 0 Å². The van der Waals surface area contributed by atoms with Crippen LogP contribution >= 0.6 is 0 Å². The monoisotopic (exact) mass is 323 g/mol. The van der Waals surface area contributed by atoms with Crippen LogP contribution in [0.3, 0.4) is 0 Å². The Balaban J connectivity index is 2.37. The van der Waals surface area contributed by atoms with Crippen LogP contribution in [0.15, 0.2) is 12.7 Å². The lowest BCUT2D eigenvalue weighted by Crippen LogP contribution is -2.72. The Morgan fingerprint density at radius 1 is 1.22 bits per heavy atom. The number of nitrogens with one attached hydrogen (secondary N) is 1. The van der Waals surface area contributed by atoms with E-state index in [1.165, 1.54) is 7.11 Å². The fourth-order valence-electron chi connectivity index (χ4n) is 3.66. The second kappa shape index (κ2) is 7.81. The number of nitrogens with zero attached hydrogens (tertiary/aromatic N) is 2. The molecule has 0 aromatic carbocycles. The average molecular weight is 323 g/mol. The summed E-state index contributed by atoms with van der Waals surface area (Å²) in [5, 5.41) is 3.29. The van der Waals surface area contributed by atoms with Gasteiger partial charge < -0.3 is 15.0 Å². The molecule has 0 aromatic heterocycles. The van der Waals surface area contributed by atoms with Crippen LogP contribution < -0.4 is 5.32 Å². The van der Waals surface area contributed by atoms with Gasteiger partial charge in [-0.1, -0.05) is 25.8 Å². The largest absolute Gasteiger partial charge is 0.453 e. The summed E-state index contributed by atoms with van der Waals surface area (Å²) in [4.78, 5) is 29.3. The van der Waals surface area contributed by atoms with Gasteiger partial charge in [0.05, 0.1) is 7.11 Å². The molecule has 130 valence electrons. The van der Waals surface area contributed by atoms with Crippen molar-refractivity contribution in [3.8, 4) is 0 Å². The van der Waals surface area contributed by atoms with Crippen molar-refractivity contribution in [2.45, 2.75) is 38.1 Å². The molecule has 2 aliphatic rings. The van der Waals surface area contributed by atoms with Gasteiger partial charge in [0.15, 0.2) is 0 Å². The minimum atomic E-state index is -0.947. The minimum Gasteiger partial charge on any atom is -0.453 e. The summed E-state index contributed by atoms with van der Waals surface area (Å²) in [5.41, 5.74) is -0.947. The van der Waals surface area contributed by atoms with Gasteiger partial charge in [0.25, 0.3) is 5.91 Å². The van der Waals surface area contributed by atoms with Gasteiger partial charge in [0.1, 0.15) is 5.54 Å². The molecule has 2 unspecified atom stereocenters. The number of hydrogen-bond donors (Lipinski definition) is 1. The number of rotatable bonds is 3. The van der Waals surface area contributed by atoms with Gasteiger partial charge in [-0.2, -0.15) is 0 Å².